The van der Waals surface area contributed by atoms with Gasteiger partial charge in [0, 0.05) is 33.4 Å². The van der Waals surface area contributed by atoms with Crippen LogP contribution >= 0.6 is 27.3 Å². The molecule has 0 unspecified atom stereocenters. The molecule has 4 heteroatoms. The SMILES string of the molecule is Brc1cccc(-c2nc(C3CC3)c(CNC3CC3)s2)c1. The molecule has 2 aromatic rings. The molecule has 1 heterocycles. The zero-order valence-electron chi connectivity index (χ0n) is 11.2. The lowest BCUT2D eigenvalue weighted by atomic mass is 10.2. The molecule has 0 spiro atoms. The Hall–Kier alpha value is -0.710. The number of nitrogens with zero attached hydrogens (tertiary/aromatic N) is 1. The van der Waals surface area contributed by atoms with E-state index in [1.54, 1.807) is 0 Å². The van der Waals surface area contributed by atoms with Crippen molar-refractivity contribution in [1.82, 2.24) is 10.3 Å². The van der Waals surface area contributed by atoms with Gasteiger partial charge in [0.25, 0.3) is 0 Å². The molecule has 4 rings (SSSR count). The van der Waals surface area contributed by atoms with Gasteiger partial charge in [-0.15, -0.1) is 11.3 Å². The third-order valence-electron chi connectivity index (χ3n) is 3.89. The summed E-state index contributed by atoms with van der Waals surface area (Å²) in [6, 6.07) is 9.22. The summed E-state index contributed by atoms with van der Waals surface area (Å²) in [6.07, 6.45) is 5.32. The number of rotatable bonds is 5. The molecular weight excluding hydrogens is 332 g/mol. The zero-order chi connectivity index (χ0) is 13.5. The predicted molar refractivity (Wildman–Crippen MR) is 87.1 cm³/mol. The molecule has 20 heavy (non-hydrogen) atoms. The van der Waals surface area contributed by atoms with Crippen molar-refractivity contribution in [2.75, 3.05) is 0 Å². The molecule has 2 aliphatic rings. The van der Waals surface area contributed by atoms with Crippen LogP contribution in [0.2, 0.25) is 0 Å². The van der Waals surface area contributed by atoms with Gasteiger partial charge < -0.3 is 5.32 Å². The first-order valence-electron chi connectivity index (χ1n) is 7.28. The zero-order valence-corrected chi connectivity index (χ0v) is 13.6. The van der Waals surface area contributed by atoms with Gasteiger partial charge in [0.2, 0.25) is 0 Å². The second-order valence-corrected chi connectivity index (χ2v) is 7.77. The van der Waals surface area contributed by atoms with Crippen LogP contribution in [-0.4, -0.2) is 11.0 Å². The highest BCUT2D eigenvalue weighted by Crippen LogP contribution is 2.44. The minimum atomic E-state index is 0.725. The number of nitrogens with one attached hydrogen (secondary N) is 1. The molecule has 0 atom stereocenters. The summed E-state index contributed by atoms with van der Waals surface area (Å²) in [5.74, 6) is 0.725. The molecule has 104 valence electrons. The highest BCUT2D eigenvalue weighted by molar-refractivity contribution is 9.10. The van der Waals surface area contributed by atoms with E-state index in [9.17, 15) is 0 Å². The number of benzene rings is 1. The smallest absolute Gasteiger partial charge is 0.123 e. The van der Waals surface area contributed by atoms with E-state index >= 15 is 0 Å². The summed E-state index contributed by atoms with van der Waals surface area (Å²) in [6.45, 7) is 1.00. The van der Waals surface area contributed by atoms with Crippen molar-refractivity contribution in [3.63, 3.8) is 0 Å². The van der Waals surface area contributed by atoms with Crippen molar-refractivity contribution in [1.29, 1.82) is 0 Å². The molecule has 1 aromatic heterocycles. The van der Waals surface area contributed by atoms with Gasteiger partial charge in [-0.2, -0.15) is 0 Å². The fourth-order valence-corrected chi connectivity index (χ4v) is 3.93. The molecule has 0 saturated heterocycles. The number of aromatic nitrogens is 1. The van der Waals surface area contributed by atoms with Crippen molar-refractivity contribution >= 4 is 27.3 Å². The monoisotopic (exact) mass is 348 g/mol. The normalized spacial score (nSPS) is 18.4. The number of thiazole rings is 1. The predicted octanol–water partition coefficient (Wildman–Crippen LogP) is 4.70. The van der Waals surface area contributed by atoms with E-state index in [1.807, 2.05) is 11.3 Å². The molecule has 2 fully saturated rings. The minimum Gasteiger partial charge on any atom is -0.309 e. The van der Waals surface area contributed by atoms with Crippen LogP contribution < -0.4 is 5.32 Å². The Labute approximate surface area is 131 Å². The van der Waals surface area contributed by atoms with Crippen LogP contribution in [0.4, 0.5) is 0 Å². The molecule has 2 nitrogen and oxygen atoms in total. The quantitative estimate of drug-likeness (QED) is 0.846. The van der Waals surface area contributed by atoms with E-state index in [0.29, 0.717) is 0 Å². The largest absolute Gasteiger partial charge is 0.309 e. The van der Waals surface area contributed by atoms with Crippen LogP contribution in [0.15, 0.2) is 28.7 Å². The van der Waals surface area contributed by atoms with Gasteiger partial charge in [-0.3, -0.25) is 0 Å². The first-order valence-corrected chi connectivity index (χ1v) is 8.89. The van der Waals surface area contributed by atoms with Crippen LogP contribution in [0, 0.1) is 0 Å². The van der Waals surface area contributed by atoms with E-state index in [1.165, 1.54) is 46.8 Å². The van der Waals surface area contributed by atoms with E-state index < -0.39 is 0 Å². The van der Waals surface area contributed by atoms with Crippen molar-refractivity contribution in [3.05, 3.63) is 39.3 Å². The van der Waals surface area contributed by atoms with Crippen LogP contribution in [0.5, 0.6) is 0 Å². The lowest BCUT2D eigenvalue weighted by molar-refractivity contribution is 0.688. The maximum Gasteiger partial charge on any atom is 0.123 e. The van der Waals surface area contributed by atoms with Crippen molar-refractivity contribution in [3.8, 4) is 10.6 Å². The summed E-state index contributed by atoms with van der Waals surface area (Å²) in [5.41, 5.74) is 2.59. The van der Waals surface area contributed by atoms with E-state index in [0.717, 1.165) is 23.0 Å². The third-order valence-corrected chi connectivity index (χ3v) is 5.51. The van der Waals surface area contributed by atoms with Crippen LogP contribution in [0.25, 0.3) is 10.6 Å². The second-order valence-electron chi connectivity index (χ2n) is 5.77. The maximum absolute atomic E-state index is 4.94. The van der Waals surface area contributed by atoms with E-state index in [4.69, 9.17) is 4.98 Å². The average Bonchev–Trinajstić information content (AvgIpc) is 3.36. The van der Waals surface area contributed by atoms with Crippen molar-refractivity contribution < 1.29 is 0 Å². The fourth-order valence-electron chi connectivity index (χ4n) is 2.44. The topological polar surface area (TPSA) is 24.9 Å². The standard InChI is InChI=1S/C16H17BrN2S/c17-12-3-1-2-11(8-12)16-19-15(10-4-5-10)14(20-16)9-18-13-6-7-13/h1-3,8,10,13,18H,4-7,9H2. The average molecular weight is 349 g/mol. The van der Waals surface area contributed by atoms with Gasteiger partial charge in [-0.1, -0.05) is 28.1 Å². The molecule has 0 amide bonds. The Balaban J connectivity index is 1.63. The Kier molecular flexibility index (Phi) is 3.41. The summed E-state index contributed by atoms with van der Waals surface area (Å²) in [7, 11) is 0. The van der Waals surface area contributed by atoms with Gasteiger partial charge in [0.05, 0.1) is 5.69 Å². The summed E-state index contributed by atoms with van der Waals surface area (Å²) in [4.78, 5) is 6.39. The van der Waals surface area contributed by atoms with E-state index in [-0.39, 0.29) is 0 Å². The van der Waals surface area contributed by atoms with E-state index in [2.05, 4.69) is 45.5 Å². The number of halogens is 1. The second kappa shape index (κ2) is 5.24. The van der Waals surface area contributed by atoms with Crippen LogP contribution in [0.3, 0.4) is 0 Å². The van der Waals surface area contributed by atoms with Gasteiger partial charge in [-0.05, 0) is 37.8 Å². The third kappa shape index (κ3) is 2.83. The van der Waals surface area contributed by atoms with Crippen LogP contribution in [-0.2, 0) is 6.54 Å². The number of hydrogen-bond acceptors (Lipinski definition) is 3. The van der Waals surface area contributed by atoms with Crippen LogP contribution in [0.1, 0.15) is 42.2 Å². The highest BCUT2D eigenvalue weighted by Gasteiger charge is 2.30. The Morgan fingerprint density at radius 1 is 1.25 bits per heavy atom. The Morgan fingerprint density at radius 2 is 2.10 bits per heavy atom. The minimum absolute atomic E-state index is 0.725. The lowest BCUT2D eigenvalue weighted by Gasteiger charge is -2.01. The Bertz CT molecular complexity index is 629. The molecule has 1 N–H and O–H groups in total. The molecular formula is C16H17BrN2S. The lowest BCUT2D eigenvalue weighted by Crippen LogP contribution is -2.15. The summed E-state index contributed by atoms with van der Waals surface area (Å²) in [5, 5.41) is 4.80. The molecule has 1 aromatic carbocycles. The Morgan fingerprint density at radius 3 is 2.80 bits per heavy atom. The van der Waals surface area contributed by atoms with Gasteiger partial charge in [0.15, 0.2) is 0 Å². The summed E-state index contributed by atoms with van der Waals surface area (Å²) >= 11 is 5.41. The van der Waals surface area contributed by atoms with Crippen molar-refractivity contribution in [2.24, 2.45) is 0 Å². The fraction of sp³-hybridized carbons (Fsp3) is 0.438. The highest BCUT2D eigenvalue weighted by atomic mass is 79.9. The maximum atomic E-state index is 4.94. The first kappa shape index (κ1) is 13.0. The van der Waals surface area contributed by atoms with Gasteiger partial charge in [-0.25, -0.2) is 4.98 Å². The molecule has 0 bridgehead atoms. The first-order chi connectivity index (χ1) is 9.79. The summed E-state index contributed by atoms with van der Waals surface area (Å²) < 4.78 is 1.12. The molecule has 2 saturated carbocycles. The number of hydrogen-bond donors (Lipinski definition) is 1. The van der Waals surface area contributed by atoms with Crippen molar-refractivity contribution in [2.45, 2.75) is 44.2 Å². The van der Waals surface area contributed by atoms with Gasteiger partial charge >= 0.3 is 0 Å². The molecule has 0 radical (unpaired) electrons. The van der Waals surface area contributed by atoms with Gasteiger partial charge in [0.1, 0.15) is 5.01 Å². The molecule has 0 aliphatic heterocycles. The molecule has 2 aliphatic carbocycles.